The Bertz CT molecular complexity index is 1090. The highest BCUT2D eigenvalue weighted by molar-refractivity contribution is 6.31. The molecule has 2 amide bonds. The van der Waals surface area contributed by atoms with Gasteiger partial charge in [-0.2, -0.15) is 4.98 Å². The zero-order valence-electron chi connectivity index (χ0n) is 16.5. The first-order valence-corrected chi connectivity index (χ1v) is 10.3. The quantitative estimate of drug-likeness (QED) is 0.583. The number of nitrogens with one attached hydrogen (secondary N) is 2. The van der Waals surface area contributed by atoms with Crippen LogP contribution in [0.15, 0.2) is 47.0 Å². The van der Waals surface area contributed by atoms with Gasteiger partial charge in [-0.25, -0.2) is 4.39 Å². The minimum Gasteiger partial charge on any atom is -0.343 e. The summed E-state index contributed by atoms with van der Waals surface area (Å²) in [4.78, 5) is 28.8. The van der Waals surface area contributed by atoms with Gasteiger partial charge < -0.3 is 15.2 Å². The van der Waals surface area contributed by atoms with Crippen molar-refractivity contribution in [2.24, 2.45) is 0 Å². The van der Waals surface area contributed by atoms with Crippen LogP contribution in [0.3, 0.4) is 0 Å². The second-order valence-corrected chi connectivity index (χ2v) is 7.78. The number of anilines is 1. The molecule has 1 aromatic heterocycles. The number of benzene rings is 2. The molecule has 7 nitrogen and oxygen atoms in total. The Morgan fingerprint density at radius 3 is 2.58 bits per heavy atom. The maximum Gasteiger partial charge on any atom is 0.251 e. The normalized spacial score (nSPS) is 13.9. The van der Waals surface area contributed by atoms with Crippen LogP contribution in [0, 0.1) is 5.82 Å². The van der Waals surface area contributed by atoms with Crippen molar-refractivity contribution in [2.75, 3.05) is 11.9 Å². The van der Waals surface area contributed by atoms with Crippen molar-refractivity contribution in [1.82, 2.24) is 15.5 Å². The number of amides is 2. The van der Waals surface area contributed by atoms with Gasteiger partial charge in [0.1, 0.15) is 5.82 Å². The average Bonchev–Trinajstić information content (AvgIpc) is 3.47. The van der Waals surface area contributed by atoms with E-state index in [1.807, 2.05) is 0 Å². The molecule has 0 radical (unpaired) electrons. The molecule has 2 N–H and O–H groups in total. The molecule has 0 spiro atoms. The summed E-state index contributed by atoms with van der Waals surface area (Å²) in [5, 5.41) is 9.02. The second kappa shape index (κ2) is 9.26. The fraction of sp³-hybridized carbons (Fsp3) is 0.273. The van der Waals surface area contributed by atoms with Gasteiger partial charge in [-0.15, -0.1) is 0 Å². The lowest BCUT2D eigenvalue weighted by Gasteiger charge is -2.08. The Morgan fingerprint density at radius 1 is 1.13 bits per heavy atom. The summed E-state index contributed by atoms with van der Waals surface area (Å²) in [6.45, 7) is -0.245. The third-order valence-corrected chi connectivity index (χ3v) is 5.45. The van der Waals surface area contributed by atoms with Gasteiger partial charge in [0.2, 0.25) is 17.6 Å². The van der Waals surface area contributed by atoms with Gasteiger partial charge in [0.15, 0.2) is 0 Å². The molecule has 0 aliphatic heterocycles. The lowest BCUT2D eigenvalue weighted by atomic mass is 10.1. The van der Waals surface area contributed by atoms with E-state index < -0.39 is 17.6 Å². The molecule has 2 aromatic carbocycles. The molecule has 0 unspecified atom stereocenters. The Kier molecular flexibility index (Phi) is 6.27. The van der Waals surface area contributed by atoms with Gasteiger partial charge in [-0.1, -0.05) is 41.7 Å². The van der Waals surface area contributed by atoms with Crippen LogP contribution in [0.25, 0.3) is 11.4 Å². The van der Waals surface area contributed by atoms with Crippen LogP contribution in [0.4, 0.5) is 10.1 Å². The van der Waals surface area contributed by atoms with Crippen molar-refractivity contribution in [2.45, 2.75) is 31.6 Å². The number of rotatable bonds is 6. The van der Waals surface area contributed by atoms with Gasteiger partial charge in [-0.3, -0.25) is 9.59 Å². The Labute approximate surface area is 183 Å². The smallest absolute Gasteiger partial charge is 0.251 e. The number of hydrogen-bond donors (Lipinski definition) is 2. The van der Waals surface area contributed by atoms with Gasteiger partial charge in [0.05, 0.1) is 11.6 Å². The van der Waals surface area contributed by atoms with E-state index in [2.05, 4.69) is 20.8 Å². The molecule has 1 heterocycles. The highest BCUT2D eigenvalue weighted by Gasteiger charge is 2.23. The molecular weight excluding hydrogens is 423 g/mol. The molecule has 9 heteroatoms. The number of carbonyl (C=O) groups is 2. The van der Waals surface area contributed by atoms with Gasteiger partial charge in [-0.05, 0) is 43.2 Å². The molecule has 1 fully saturated rings. The minimum absolute atomic E-state index is 0.0982. The Balaban J connectivity index is 1.31. The maximum atomic E-state index is 13.2. The lowest BCUT2D eigenvalue weighted by molar-refractivity contribution is -0.115. The predicted octanol–water partition coefficient (Wildman–Crippen LogP) is 4.56. The number of aromatic nitrogens is 2. The highest BCUT2D eigenvalue weighted by Crippen LogP contribution is 2.33. The fourth-order valence-electron chi connectivity index (χ4n) is 3.50. The molecule has 1 saturated carbocycles. The van der Waals surface area contributed by atoms with Crippen molar-refractivity contribution >= 4 is 29.1 Å². The van der Waals surface area contributed by atoms with Gasteiger partial charge in [0, 0.05) is 22.7 Å². The standard InChI is InChI=1S/C22H20ClFN4O3/c23-17-11-16(9-10-18(17)24)26-19(29)12-25-21(30)14-7-5-13(6-8-14)20-27-22(31-28-20)15-3-1-2-4-15/h5-11,15H,1-4,12H2,(H,25,30)(H,26,29). The SMILES string of the molecule is O=C(CNC(=O)c1ccc(-c2noc(C3CCCC3)n2)cc1)Nc1ccc(F)c(Cl)c1. The summed E-state index contributed by atoms with van der Waals surface area (Å²) in [5.74, 6) is 0.0572. The van der Waals surface area contributed by atoms with Crippen LogP contribution in [-0.4, -0.2) is 28.5 Å². The maximum absolute atomic E-state index is 13.2. The van der Waals surface area contributed by atoms with Crippen molar-refractivity contribution in [3.63, 3.8) is 0 Å². The van der Waals surface area contributed by atoms with Crippen LogP contribution in [0.1, 0.15) is 47.8 Å². The van der Waals surface area contributed by atoms with Crippen LogP contribution in [0.5, 0.6) is 0 Å². The number of hydrogen-bond acceptors (Lipinski definition) is 5. The monoisotopic (exact) mass is 442 g/mol. The minimum atomic E-state index is -0.577. The molecule has 1 aliphatic rings. The molecule has 0 atom stereocenters. The van der Waals surface area contributed by atoms with Crippen molar-refractivity contribution in [1.29, 1.82) is 0 Å². The molecule has 3 aromatic rings. The zero-order chi connectivity index (χ0) is 21.8. The van der Waals surface area contributed by atoms with Crippen molar-refractivity contribution in [3.8, 4) is 11.4 Å². The van der Waals surface area contributed by atoms with Crippen LogP contribution in [-0.2, 0) is 4.79 Å². The molecule has 160 valence electrons. The van der Waals surface area contributed by atoms with E-state index in [4.69, 9.17) is 16.1 Å². The summed E-state index contributed by atoms with van der Waals surface area (Å²) in [6.07, 6.45) is 4.51. The predicted molar refractivity (Wildman–Crippen MR) is 113 cm³/mol. The molecule has 0 saturated heterocycles. The summed E-state index contributed by atoms with van der Waals surface area (Å²) < 4.78 is 18.6. The van der Waals surface area contributed by atoms with Crippen LogP contribution in [0.2, 0.25) is 5.02 Å². The first kappa shape index (κ1) is 21.0. The van der Waals surface area contributed by atoms with E-state index in [-0.39, 0.29) is 11.6 Å². The molecule has 4 rings (SSSR count). The highest BCUT2D eigenvalue weighted by atomic mass is 35.5. The lowest BCUT2D eigenvalue weighted by Crippen LogP contribution is -2.32. The first-order valence-electron chi connectivity index (χ1n) is 9.97. The van der Waals surface area contributed by atoms with Crippen LogP contribution < -0.4 is 10.6 Å². The number of halogens is 2. The van der Waals surface area contributed by atoms with Crippen LogP contribution >= 0.6 is 11.6 Å². The Hall–Kier alpha value is -3.26. The fourth-order valence-corrected chi connectivity index (χ4v) is 3.68. The van der Waals surface area contributed by atoms with E-state index in [1.165, 1.54) is 25.0 Å². The van der Waals surface area contributed by atoms with E-state index >= 15 is 0 Å². The molecular formula is C22H20ClFN4O3. The summed E-state index contributed by atoms with van der Waals surface area (Å²) in [7, 11) is 0. The molecule has 0 bridgehead atoms. The molecule has 31 heavy (non-hydrogen) atoms. The largest absolute Gasteiger partial charge is 0.343 e. The van der Waals surface area contributed by atoms with E-state index in [1.54, 1.807) is 24.3 Å². The topological polar surface area (TPSA) is 97.1 Å². The summed E-state index contributed by atoms with van der Waals surface area (Å²) in [6, 6.07) is 10.6. The van der Waals surface area contributed by atoms with Gasteiger partial charge >= 0.3 is 0 Å². The number of carbonyl (C=O) groups excluding carboxylic acids is 2. The third kappa shape index (κ3) is 5.08. The summed E-state index contributed by atoms with van der Waals surface area (Å²) in [5.41, 5.74) is 1.48. The molecule has 1 aliphatic carbocycles. The van der Waals surface area contributed by atoms with Gasteiger partial charge in [0.25, 0.3) is 5.91 Å². The van der Waals surface area contributed by atoms with E-state index in [9.17, 15) is 14.0 Å². The van der Waals surface area contributed by atoms with E-state index in [0.29, 0.717) is 28.9 Å². The Morgan fingerprint density at radius 2 is 1.87 bits per heavy atom. The summed E-state index contributed by atoms with van der Waals surface area (Å²) >= 11 is 5.69. The zero-order valence-corrected chi connectivity index (χ0v) is 17.3. The third-order valence-electron chi connectivity index (χ3n) is 5.16. The van der Waals surface area contributed by atoms with Crippen molar-refractivity contribution < 1.29 is 18.5 Å². The average molecular weight is 443 g/mol. The number of nitrogens with zero attached hydrogens (tertiary/aromatic N) is 2. The van der Waals surface area contributed by atoms with E-state index in [0.717, 1.165) is 24.5 Å². The van der Waals surface area contributed by atoms with Crippen molar-refractivity contribution in [3.05, 3.63) is 64.8 Å². The first-order chi connectivity index (χ1) is 15.0. The second-order valence-electron chi connectivity index (χ2n) is 7.37.